The topological polar surface area (TPSA) is 55.2 Å². The largest absolute Gasteiger partial charge is 0.493 e. The number of hydrogen-bond donors (Lipinski definition) is 1. The summed E-state index contributed by atoms with van der Waals surface area (Å²) in [4.78, 5) is 8.63. The summed E-state index contributed by atoms with van der Waals surface area (Å²) in [6, 6.07) is 9.76. The van der Waals surface area contributed by atoms with E-state index in [1.807, 2.05) is 18.2 Å². The molecule has 1 atom stereocenters. The number of aliphatic hydroxyl groups is 1. The van der Waals surface area contributed by atoms with Crippen molar-refractivity contribution < 1.29 is 9.84 Å². The fraction of sp³-hybridized carbons (Fsp3) is 0.286. The Kier molecular flexibility index (Phi) is 2.94. The molecular weight excluding hydrogens is 228 g/mol. The van der Waals surface area contributed by atoms with Gasteiger partial charge in [0.25, 0.3) is 0 Å². The van der Waals surface area contributed by atoms with E-state index in [4.69, 9.17) is 9.84 Å². The summed E-state index contributed by atoms with van der Waals surface area (Å²) >= 11 is 0. The Bertz CT molecular complexity index is 557. The minimum atomic E-state index is -0.0559. The number of ether oxygens (including phenoxy) is 1. The first-order valence-electron chi connectivity index (χ1n) is 6.00. The molecule has 92 valence electrons. The maximum Gasteiger partial charge on any atom is 0.135 e. The van der Waals surface area contributed by atoms with Crippen LogP contribution in [0.2, 0.25) is 0 Å². The van der Waals surface area contributed by atoms with Gasteiger partial charge in [-0.25, -0.2) is 9.97 Å². The quantitative estimate of drug-likeness (QED) is 0.870. The molecule has 0 radical (unpaired) electrons. The molecule has 1 N–H and O–H groups in total. The lowest BCUT2D eigenvalue weighted by Crippen LogP contribution is -2.21. The third-order valence-electron chi connectivity index (χ3n) is 3.14. The molecule has 1 unspecified atom stereocenters. The number of benzene rings is 1. The van der Waals surface area contributed by atoms with Gasteiger partial charge in [0, 0.05) is 6.20 Å². The molecule has 0 aliphatic carbocycles. The molecule has 4 nitrogen and oxygen atoms in total. The zero-order chi connectivity index (χ0) is 12.4. The molecule has 3 rings (SSSR count). The molecule has 1 aliphatic heterocycles. The Balaban J connectivity index is 1.87. The molecule has 0 saturated heterocycles. The lowest BCUT2D eigenvalue weighted by atomic mass is 9.96. The van der Waals surface area contributed by atoms with E-state index in [2.05, 4.69) is 16.0 Å². The van der Waals surface area contributed by atoms with Crippen molar-refractivity contribution >= 4 is 0 Å². The SMILES string of the molecule is OCc1ccnc(C2COc3ccccc3C2)n1. The third kappa shape index (κ3) is 2.07. The van der Waals surface area contributed by atoms with Crippen LogP contribution in [0.3, 0.4) is 0 Å². The van der Waals surface area contributed by atoms with Gasteiger partial charge < -0.3 is 9.84 Å². The van der Waals surface area contributed by atoms with Crippen LogP contribution in [-0.2, 0) is 13.0 Å². The van der Waals surface area contributed by atoms with Gasteiger partial charge in [0.2, 0.25) is 0 Å². The fourth-order valence-corrected chi connectivity index (χ4v) is 2.19. The molecule has 2 aromatic rings. The maximum atomic E-state index is 9.10. The van der Waals surface area contributed by atoms with Gasteiger partial charge in [-0.2, -0.15) is 0 Å². The van der Waals surface area contributed by atoms with Crippen LogP contribution in [0.4, 0.5) is 0 Å². The van der Waals surface area contributed by atoms with E-state index in [1.165, 1.54) is 5.56 Å². The first kappa shape index (κ1) is 11.2. The highest BCUT2D eigenvalue weighted by molar-refractivity contribution is 5.36. The molecule has 1 aromatic heterocycles. The zero-order valence-electron chi connectivity index (χ0n) is 9.91. The van der Waals surface area contributed by atoms with Crippen molar-refractivity contribution in [2.75, 3.05) is 6.61 Å². The molecule has 0 bridgehead atoms. The summed E-state index contributed by atoms with van der Waals surface area (Å²) in [5.41, 5.74) is 1.84. The molecule has 0 saturated carbocycles. The van der Waals surface area contributed by atoms with Gasteiger partial charge in [0.05, 0.1) is 24.8 Å². The Hall–Kier alpha value is -1.94. The minimum Gasteiger partial charge on any atom is -0.493 e. The molecule has 0 spiro atoms. The summed E-state index contributed by atoms with van der Waals surface area (Å²) in [5.74, 6) is 1.86. The average Bonchev–Trinajstić information content (AvgIpc) is 2.47. The second-order valence-electron chi connectivity index (χ2n) is 4.38. The van der Waals surface area contributed by atoms with Crippen molar-refractivity contribution in [3.05, 3.63) is 53.6 Å². The number of aliphatic hydroxyl groups excluding tert-OH is 1. The van der Waals surface area contributed by atoms with Crippen molar-refractivity contribution in [1.82, 2.24) is 9.97 Å². The van der Waals surface area contributed by atoms with E-state index >= 15 is 0 Å². The molecule has 1 aliphatic rings. The van der Waals surface area contributed by atoms with E-state index in [9.17, 15) is 0 Å². The highest BCUT2D eigenvalue weighted by atomic mass is 16.5. The first-order chi connectivity index (χ1) is 8.86. The van der Waals surface area contributed by atoms with E-state index in [-0.39, 0.29) is 12.5 Å². The Morgan fingerprint density at radius 3 is 3.06 bits per heavy atom. The number of hydrogen-bond acceptors (Lipinski definition) is 4. The number of para-hydroxylation sites is 1. The normalized spacial score (nSPS) is 17.9. The fourth-order valence-electron chi connectivity index (χ4n) is 2.19. The van der Waals surface area contributed by atoms with E-state index in [1.54, 1.807) is 12.3 Å². The lowest BCUT2D eigenvalue weighted by molar-refractivity contribution is 0.254. The maximum absolute atomic E-state index is 9.10. The van der Waals surface area contributed by atoms with Gasteiger partial charge in [0.1, 0.15) is 11.6 Å². The number of nitrogens with zero attached hydrogens (tertiary/aromatic N) is 2. The summed E-state index contributed by atoms with van der Waals surface area (Å²) in [5, 5.41) is 9.10. The number of rotatable bonds is 2. The predicted octanol–water partition coefficient (Wildman–Crippen LogP) is 1.69. The van der Waals surface area contributed by atoms with Gasteiger partial charge in [-0.15, -0.1) is 0 Å². The Morgan fingerprint density at radius 2 is 2.17 bits per heavy atom. The molecule has 0 fully saturated rings. The van der Waals surface area contributed by atoms with Crippen LogP contribution in [0, 0.1) is 0 Å². The van der Waals surface area contributed by atoms with Gasteiger partial charge in [-0.1, -0.05) is 18.2 Å². The van der Waals surface area contributed by atoms with E-state index in [0.717, 1.165) is 18.0 Å². The number of aromatic nitrogens is 2. The van der Waals surface area contributed by atoms with Crippen LogP contribution in [0.5, 0.6) is 5.75 Å². The summed E-state index contributed by atoms with van der Waals surface area (Å²) < 4.78 is 5.72. The van der Waals surface area contributed by atoms with Gasteiger partial charge in [0.15, 0.2) is 0 Å². The molecule has 4 heteroatoms. The van der Waals surface area contributed by atoms with Crippen molar-refractivity contribution in [1.29, 1.82) is 0 Å². The van der Waals surface area contributed by atoms with E-state index in [0.29, 0.717) is 12.3 Å². The van der Waals surface area contributed by atoms with E-state index < -0.39 is 0 Å². The van der Waals surface area contributed by atoms with Gasteiger partial charge in [-0.3, -0.25) is 0 Å². The second-order valence-corrected chi connectivity index (χ2v) is 4.38. The van der Waals surface area contributed by atoms with Crippen LogP contribution in [0.25, 0.3) is 0 Å². The molecule has 1 aromatic carbocycles. The average molecular weight is 242 g/mol. The van der Waals surface area contributed by atoms with Crippen molar-refractivity contribution in [3.8, 4) is 5.75 Å². The molecule has 18 heavy (non-hydrogen) atoms. The smallest absolute Gasteiger partial charge is 0.135 e. The van der Waals surface area contributed by atoms with Crippen LogP contribution in [0.1, 0.15) is 23.0 Å². The van der Waals surface area contributed by atoms with Crippen LogP contribution in [0.15, 0.2) is 36.5 Å². The molecule has 2 heterocycles. The molecular formula is C14H14N2O2. The van der Waals surface area contributed by atoms with Crippen LogP contribution >= 0.6 is 0 Å². The highest BCUT2D eigenvalue weighted by Crippen LogP contribution is 2.30. The molecule has 0 amide bonds. The van der Waals surface area contributed by atoms with Crippen molar-refractivity contribution in [2.45, 2.75) is 18.9 Å². The summed E-state index contributed by atoms with van der Waals surface area (Å²) in [6.45, 7) is 0.533. The second kappa shape index (κ2) is 4.74. The Morgan fingerprint density at radius 1 is 1.28 bits per heavy atom. The summed E-state index contributed by atoms with van der Waals surface area (Å²) in [6.07, 6.45) is 2.57. The zero-order valence-corrected chi connectivity index (χ0v) is 9.91. The van der Waals surface area contributed by atoms with Crippen LogP contribution in [-0.4, -0.2) is 21.7 Å². The van der Waals surface area contributed by atoms with Gasteiger partial charge >= 0.3 is 0 Å². The van der Waals surface area contributed by atoms with Crippen molar-refractivity contribution in [2.24, 2.45) is 0 Å². The highest BCUT2D eigenvalue weighted by Gasteiger charge is 2.23. The Labute approximate surface area is 105 Å². The third-order valence-corrected chi connectivity index (χ3v) is 3.14. The predicted molar refractivity (Wildman–Crippen MR) is 66.3 cm³/mol. The van der Waals surface area contributed by atoms with Gasteiger partial charge in [-0.05, 0) is 24.1 Å². The van der Waals surface area contributed by atoms with Crippen molar-refractivity contribution in [3.63, 3.8) is 0 Å². The standard InChI is InChI=1S/C14H14N2O2/c17-8-12-5-6-15-14(16-12)11-7-10-3-1-2-4-13(10)18-9-11/h1-6,11,17H,7-9H2. The minimum absolute atomic E-state index is 0.0559. The number of fused-ring (bicyclic) bond motifs is 1. The first-order valence-corrected chi connectivity index (χ1v) is 6.00. The lowest BCUT2D eigenvalue weighted by Gasteiger charge is -2.24. The monoisotopic (exact) mass is 242 g/mol. The summed E-state index contributed by atoms with van der Waals surface area (Å²) in [7, 11) is 0. The van der Waals surface area contributed by atoms with Crippen LogP contribution < -0.4 is 4.74 Å².